The van der Waals surface area contributed by atoms with Gasteiger partial charge in [-0.05, 0) is 39.3 Å². The largest absolute Gasteiger partial charge is 0.463 e. The van der Waals surface area contributed by atoms with Crippen LogP contribution in [0.2, 0.25) is 0 Å². The number of carbonyl (C=O) groups excluding carboxylic acids is 2. The van der Waals surface area contributed by atoms with E-state index in [1.807, 2.05) is 45.0 Å². The minimum Gasteiger partial charge on any atom is -0.463 e. The zero-order valence-corrected chi connectivity index (χ0v) is 17.8. The van der Waals surface area contributed by atoms with Crippen molar-refractivity contribution in [3.05, 3.63) is 53.3 Å². The van der Waals surface area contributed by atoms with Crippen LogP contribution >= 0.6 is 0 Å². The number of aromatic nitrogens is 2. The Morgan fingerprint density at radius 1 is 1.33 bits per heavy atom. The fourth-order valence-corrected chi connectivity index (χ4v) is 3.51. The molecule has 30 heavy (non-hydrogen) atoms. The molecule has 3 rings (SSSR count). The van der Waals surface area contributed by atoms with Crippen LogP contribution in [0, 0.1) is 6.92 Å². The normalized spacial score (nSPS) is 18.1. The molecule has 0 bridgehead atoms. The van der Waals surface area contributed by atoms with Crippen molar-refractivity contribution < 1.29 is 19.2 Å². The monoisotopic (exact) mass is 412 g/mol. The van der Waals surface area contributed by atoms with Gasteiger partial charge in [0.15, 0.2) is 0 Å². The summed E-state index contributed by atoms with van der Waals surface area (Å²) in [6, 6.07) is 9.64. The molecular weight excluding hydrogens is 384 g/mol. The average molecular weight is 412 g/mol. The highest BCUT2D eigenvalue weighted by Gasteiger charge is 2.48. The average Bonchev–Trinajstić information content (AvgIpc) is 3.34. The Kier molecular flexibility index (Phi) is 6.54. The third kappa shape index (κ3) is 4.69. The molecule has 1 atom stereocenters. The number of oxime groups is 1. The van der Waals surface area contributed by atoms with Crippen molar-refractivity contribution >= 4 is 17.6 Å². The van der Waals surface area contributed by atoms with Crippen molar-refractivity contribution in [3.63, 3.8) is 0 Å². The van der Waals surface area contributed by atoms with Crippen LogP contribution in [0.3, 0.4) is 0 Å². The molecule has 0 radical (unpaired) electrons. The first-order valence-corrected chi connectivity index (χ1v) is 10.1. The maximum atomic E-state index is 12.7. The molecule has 1 aliphatic rings. The summed E-state index contributed by atoms with van der Waals surface area (Å²) in [6.07, 6.45) is 2.19. The third-order valence-corrected chi connectivity index (χ3v) is 4.90. The second kappa shape index (κ2) is 9.11. The summed E-state index contributed by atoms with van der Waals surface area (Å²) in [4.78, 5) is 30.9. The molecule has 2 heterocycles. The zero-order valence-electron chi connectivity index (χ0n) is 17.8. The highest BCUT2D eigenvalue weighted by molar-refractivity contribution is 5.99. The van der Waals surface area contributed by atoms with Crippen LogP contribution in [-0.4, -0.2) is 46.1 Å². The van der Waals surface area contributed by atoms with E-state index in [4.69, 9.17) is 9.57 Å². The van der Waals surface area contributed by atoms with Crippen molar-refractivity contribution in [1.82, 2.24) is 15.1 Å². The summed E-state index contributed by atoms with van der Waals surface area (Å²) in [5.41, 5.74) is 1.90. The molecule has 2 aromatic rings. The Balaban J connectivity index is 1.68. The molecule has 160 valence electrons. The van der Waals surface area contributed by atoms with E-state index >= 15 is 0 Å². The van der Waals surface area contributed by atoms with E-state index in [-0.39, 0.29) is 31.5 Å². The van der Waals surface area contributed by atoms with Gasteiger partial charge in [0.05, 0.1) is 18.9 Å². The molecule has 8 heteroatoms. The van der Waals surface area contributed by atoms with E-state index in [0.29, 0.717) is 17.8 Å². The van der Waals surface area contributed by atoms with Gasteiger partial charge in [-0.25, -0.2) is 4.79 Å². The van der Waals surface area contributed by atoms with Crippen molar-refractivity contribution in [3.8, 4) is 0 Å². The first-order valence-electron chi connectivity index (χ1n) is 10.1. The summed E-state index contributed by atoms with van der Waals surface area (Å²) < 4.78 is 6.93. The van der Waals surface area contributed by atoms with Crippen LogP contribution in [0.25, 0.3) is 0 Å². The highest BCUT2D eigenvalue weighted by atomic mass is 16.7. The number of hydrogen-bond acceptors (Lipinski definition) is 6. The predicted octanol–water partition coefficient (Wildman–Crippen LogP) is 2.82. The van der Waals surface area contributed by atoms with Crippen LogP contribution in [0.4, 0.5) is 0 Å². The van der Waals surface area contributed by atoms with Crippen LogP contribution in [0.1, 0.15) is 54.8 Å². The molecule has 1 unspecified atom stereocenters. The lowest BCUT2D eigenvalue weighted by molar-refractivity contribution is -0.168. The summed E-state index contributed by atoms with van der Waals surface area (Å²) in [5.74, 6) is -0.703. The molecule has 1 amide bonds. The second-order valence-electron chi connectivity index (χ2n) is 7.74. The lowest BCUT2D eigenvalue weighted by Gasteiger charge is -2.24. The number of amides is 1. The van der Waals surface area contributed by atoms with Gasteiger partial charge in [0, 0.05) is 25.1 Å². The molecule has 0 saturated carbocycles. The Morgan fingerprint density at radius 2 is 2.13 bits per heavy atom. The van der Waals surface area contributed by atoms with Gasteiger partial charge in [0.2, 0.25) is 5.60 Å². The Hall–Kier alpha value is -3.16. The SMILES string of the molecule is CCOC(=O)C1(Cc2cccc(C)c2)CC(CNC(=O)c2ccnn2C(C)C)=NO1. The maximum absolute atomic E-state index is 12.7. The fraction of sp³-hybridized carbons (Fsp3) is 0.455. The van der Waals surface area contributed by atoms with Gasteiger partial charge >= 0.3 is 5.97 Å². The minimum atomic E-state index is -1.22. The first-order chi connectivity index (χ1) is 14.3. The fourth-order valence-electron chi connectivity index (χ4n) is 3.51. The Labute approximate surface area is 176 Å². The summed E-state index contributed by atoms with van der Waals surface area (Å²) in [5, 5.41) is 11.1. The summed E-state index contributed by atoms with van der Waals surface area (Å²) in [6.45, 7) is 8.10. The Bertz CT molecular complexity index is 950. The van der Waals surface area contributed by atoms with E-state index in [9.17, 15) is 9.59 Å². The molecule has 8 nitrogen and oxygen atoms in total. The molecular formula is C22H28N4O4. The van der Waals surface area contributed by atoms with Gasteiger partial charge < -0.3 is 14.9 Å². The number of carbonyl (C=O) groups is 2. The van der Waals surface area contributed by atoms with Crippen LogP contribution in [-0.2, 0) is 20.8 Å². The number of nitrogens with zero attached hydrogens (tertiary/aromatic N) is 3. The number of esters is 1. The molecule has 0 fully saturated rings. The van der Waals surface area contributed by atoms with Crippen molar-refractivity contribution in [1.29, 1.82) is 0 Å². The van der Waals surface area contributed by atoms with Gasteiger partial charge in [0.25, 0.3) is 5.91 Å². The molecule has 1 aromatic heterocycles. The summed E-state index contributed by atoms with van der Waals surface area (Å²) >= 11 is 0. The lowest BCUT2D eigenvalue weighted by Crippen LogP contribution is -2.43. The van der Waals surface area contributed by atoms with E-state index in [2.05, 4.69) is 15.6 Å². The maximum Gasteiger partial charge on any atom is 0.354 e. The standard InChI is InChI=1S/C22H28N4O4/c1-5-29-21(28)22(12-17-8-6-7-16(4)11-17)13-18(25-30-22)14-23-20(27)19-9-10-24-26(19)15(2)3/h6-11,15H,5,12-14H2,1-4H3,(H,23,27). The van der Waals surface area contributed by atoms with Crippen LogP contribution in [0.15, 0.2) is 41.7 Å². The lowest BCUT2D eigenvalue weighted by atomic mass is 9.89. The van der Waals surface area contributed by atoms with Gasteiger partial charge in [-0.1, -0.05) is 35.0 Å². The Morgan fingerprint density at radius 3 is 2.83 bits per heavy atom. The number of ether oxygens (including phenoxy) is 1. The number of benzene rings is 1. The van der Waals surface area contributed by atoms with Crippen molar-refractivity contribution in [2.45, 2.75) is 52.2 Å². The molecule has 0 saturated heterocycles. The molecule has 0 spiro atoms. The van der Waals surface area contributed by atoms with E-state index in [1.165, 1.54) is 0 Å². The first kappa shape index (κ1) is 21.5. The number of rotatable bonds is 8. The molecule has 1 aromatic carbocycles. The van der Waals surface area contributed by atoms with Crippen molar-refractivity contribution in [2.24, 2.45) is 5.16 Å². The second-order valence-corrected chi connectivity index (χ2v) is 7.74. The van der Waals surface area contributed by atoms with Crippen LogP contribution < -0.4 is 5.32 Å². The molecule has 1 aliphatic heterocycles. The molecule has 0 aliphatic carbocycles. The van der Waals surface area contributed by atoms with E-state index in [0.717, 1.165) is 11.1 Å². The molecule has 1 N–H and O–H groups in total. The van der Waals surface area contributed by atoms with Crippen molar-refractivity contribution in [2.75, 3.05) is 13.2 Å². The third-order valence-electron chi connectivity index (χ3n) is 4.90. The highest BCUT2D eigenvalue weighted by Crippen LogP contribution is 2.30. The number of nitrogens with one attached hydrogen (secondary N) is 1. The smallest absolute Gasteiger partial charge is 0.354 e. The summed E-state index contributed by atoms with van der Waals surface area (Å²) in [7, 11) is 0. The van der Waals surface area contributed by atoms with E-state index in [1.54, 1.807) is 23.9 Å². The van der Waals surface area contributed by atoms with Gasteiger partial charge in [-0.3, -0.25) is 9.48 Å². The minimum absolute atomic E-state index is 0.0682. The topological polar surface area (TPSA) is 94.8 Å². The van der Waals surface area contributed by atoms with Gasteiger partial charge in [0.1, 0.15) is 5.69 Å². The van der Waals surface area contributed by atoms with E-state index < -0.39 is 11.6 Å². The number of aryl methyl sites for hydroxylation is 1. The quantitative estimate of drug-likeness (QED) is 0.673. The predicted molar refractivity (Wildman–Crippen MR) is 112 cm³/mol. The number of hydrogen-bond donors (Lipinski definition) is 1. The van der Waals surface area contributed by atoms with Gasteiger partial charge in [-0.2, -0.15) is 5.10 Å². The van der Waals surface area contributed by atoms with Gasteiger partial charge in [-0.15, -0.1) is 0 Å². The zero-order chi connectivity index (χ0) is 21.7. The van der Waals surface area contributed by atoms with Crippen LogP contribution in [0.5, 0.6) is 0 Å².